The number of amidine groups is 1. The van der Waals surface area contributed by atoms with Crippen molar-refractivity contribution in [2.24, 2.45) is 10.9 Å². The van der Waals surface area contributed by atoms with E-state index >= 15 is 0 Å². The van der Waals surface area contributed by atoms with Crippen LogP contribution in [0.2, 0.25) is 0 Å². The molecule has 6 rings (SSSR count). The Morgan fingerprint density at radius 1 is 0.789 bits per heavy atom. The number of halogens is 2. The van der Waals surface area contributed by atoms with E-state index in [1.165, 1.54) is 24.0 Å². The number of aliphatic imine (C=N–C) groups is 1. The highest BCUT2D eigenvalue weighted by Crippen LogP contribution is 2.32. The van der Waals surface area contributed by atoms with Crippen LogP contribution in [0.3, 0.4) is 0 Å². The van der Waals surface area contributed by atoms with Gasteiger partial charge in [-0.05, 0) is 107 Å². The molecular weight excluding hydrogens is 1260 g/mol. The maximum atomic E-state index is 13.9. The Bertz CT molecular complexity index is 3120. The molecule has 0 spiro atoms. The standard InChI is InChI=1S/C65H91F2N13O14S/c1-45-11-13-47(14-12-45)7-5-10-56(82)73-46(2)69-20-4-3-9-54(74-57(83)39-75-25-27-76(40-59(85)86)29-31-78(42-61(89)90)32-30-77(28-26-75)41-60(87)88)63(92)71-22-34-95-43-55(81)64(93)79-23-18-48(19-24-79)8-6-33-94-50-15-16-53-52(35-50)51(17-21-70-53)62(91)72-38-58(84)80-44-65(66,67)36-49(80)37-68/h11-17,21,35,48-49,54-55,81H,3-10,18-20,22-34,36,38-44H2,1-2H3,(H,71,92)(H,72,91)(H,74,83)(H,85,86)(H,87,88)(H,89,90)(H,69,73,82)/t49-,54?,55-/m1/s1. The van der Waals surface area contributed by atoms with Crippen LogP contribution in [0.5, 0.6) is 5.75 Å². The van der Waals surface area contributed by atoms with Crippen LogP contribution < -0.4 is 26.0 Å². The van der Waals surface area contributed by atoms with Crippen molar-refractivity contribution >= 4 is 81.9 Å². The second-order valence-corrected chi connectivity index (χ2v) is 25.5. The van der Waals surface area contributed by atoms with Crippen molar-refractivity contribution < 1.29 is 77.1 Å². The molecule has 0 bridgehead atoms. The van der Waals surface area contributed by atoms with E-state index in [0.29, 0.717) is 92.5 Å². The number of carbonyl (C=O) groups is 9. The van der Waals surface area contributed by atoms with E-state index in [-0.39, 0.29) is 115 Å². The number of aliphatic hydroxyl groups excluding tert-OH is 1. The van der Waals surface area contributed by atoms with Gasteiger partial charge in [-0.2, -0.15) is 17.0 Å². The number of aryl methyl sites for hydroxylation is 2. The second kappa shape index (κ2) is 39.2. The van der Waals surface area contributed by atoms with Gasteiger partial charge in [0, 0.05) is 114 Å². The van der Waals surface area contributed by atoms with Gasteiger partial charge in [0.25, 0.3) is 17.7 Å². The summed E-state index contributed by atoms with van der Waals surface area (Å²) in [6.07, 6.45) is 5.31. The summed E-state index contributed by atoms with van der Waals surface area (Å²) in [6.45, 7) is 4.42. The Hall–Kier alpha value is -7.95. The number of amides is 6. The maximum Gasteiger partial charge on any atom is 0.317 e. The summed E-state index contributed by atoms with van der Waals surface area (Å²) in [6, 6.07) is 14.2. The number of unbranched alkanes of at least 4 members (excludes halogenated alkanes) is 1. The number of carboxylic acids is 3. The Morgan fingerprint density at radius 2 is 1.41 bits per heavy atom. The molecule has 3 aliphatic rings. The molecule has 3 fully saturated rings. The van der Waals surface area contributed by atoms with Crippen LogP contribution in [0.1, 0.15) is 92.6 Å². The molecule has 3 aromatic rings. The van der Waals surface area contributed by atoms with Crippen molar-refractivity contribution in [1.82, 2.24) is 55.7 Å². The monoisotopic (exact) mass is 1350 g/mol. The van der Waals surface area contributed by atoms with Crippen molar-refractivity contribution in [2.45, 2.75) is 109 Å². The minimum absolute atomic E-state index is 0.0764. The number of carbonyl (C=O) groups excluding carboxylic acids is 6. The van der Waals surface area contributed by atoms with Crippen LogP contribution in [-0.4, -0.2) is 274 Å². The number of aliphatic carboxylic acids is 3. The molecule has 520 valence electrons. The van der Waals surface area contributed by atoms with E-state index < -0.39 is 85.2 Å². The Labute approximate surface area is 556 Å². The van der Waals surface area contributed by atoms with Crippen molar-refractivity contribution in [3.05, 3.63) is 71.4 Å². The number of rotatable bonds is 33. The third-order valence-electron chi connectivity index (χ3n) is 16.7. The lowest BCUT2D eigenvalue weighted by molar-refractivity contribution is -0.140. The number of thioether (sulfide) groups is 1. The van der Waals surface area contributed by atoms with Crippen LogP contribution in [0.4, 0.5) is 8.78 Å². The number of aromatic nitrogens is 1. The molecule has 2 aromatic carbocycles. The Kier molecular flexibility index (Phi) is 31.4. The molecule has 4 heterocycles. The van der Waals surface area contributed by atoms with Gasteiger partial charge < -0.3 is 56.2 Å². The topological polar surface area (TPSA) is 360 Å². The largest absolute Gasteiger partial charge is 0.494 e. The van der Waals surface area contributed by atoms with Crippen LogP contribution >= 0.6 is 11.8 Å². The smallest absolute Gasteiger partial charge is 0.317 e. The fourth-order valence-corrected chi connectivity index (χ4v) is 12.3. The van der Waals surface area contributed by atoms with E-state index in [1.807, 2.05) is 31.2 Å². The first-order valence-corrected chi connectivity index (χ1v) is 33.5. The number of fused-ring (bicyclic) bond motifs is 1. The highest BCUT2D eigenvalue weighted by Gasteiger charge is 2.47. The van der Waals surface area contributed by atoms with Crippen molar-refractivity contribution in [3.63, 3.8) is 0 Å². The highest BCUT2D eigenvalue weighted by atomic mass is 32.2. The summed E-state index contributed by atoms with van der Waals surface area (Å²) >= 11 is 1.28. The van der Waals surface area contributed by atoms with Crippen molar-refractivity contribution in [3.8, 4) is 11.8 Å². The zero-order valence-corrected chi connectivity index (χ0v) is 55.0. The van der Waals surface area contributed by atoms with E-state index in [2.05, 4.69) is 31.2 Å². The molecule has 1 aromatic heterocycles. The lowest BCUT2D eigenvalue weighted by atomic mass is 9.92. The molecule has 0 saturated carbocycles. The predicted octanol–water partition coefficient (Wildman–Crippen LogP) is 2.33. The summed E-state index contributed by atoms with van der Waals surface area (Å²) < 4.78 is 33.9. The van der Waals surface area contributed by atoms with Gasteiger partial charge in [0.2, 0.25) is 23.6 Å². The van der Waals surface area contributed by atoms with Gasteiger partial charge >= 0.3 is 17.9 Å². The summed E-state index contributed by atoms with van der Waals surface area (Å²) in [5, 5.41) is 60.6. The SMILES string of the molecule is C/C(=N\CCCCC(NC(=O)CN1CCN(CC(=O)O)CCN(CC(=O)O)CCN(CC(=O)O)CC1)C(=O)NCCSC[C@@H](O)C(=O)N1CCC(CCCOc2ccc3nccc(C(=O)NCC(=O)N4CC(F)(F)C[C@@H]4C#N)c3c2)CC1)NC(=O)CCCc1ccc(C)cc1. The zero-order valence-electron chi connectivity index (χ0n) is 54.2. The van der Waals surface area contributed by atoms with Crippen molar-refractivity contribution in [1.29, 1.82) is 5.26 Å². The molecule has 95 heavy (non-hydrogen) atoms. The average Bonchev–Trinajstić information content (AvgIpc) is 1.73. The number of pyridine rings is 1. The van der Waals surface area contributed by atoms with E-state index in [9.17, 15) is 77.6 Å². The van der Waals surface area contributed by atoms with Crippen LogP contribution in [0.25, 0.3) is 10.9 Å². The second-order valence-electron chi connectivity index (χ2n) is 24.3. The summed E-state index contributed by atoms with van der Waals surface area (Å²) in [4.78, 5) is 133. The minimum Gasteiger partial charge on any atom is -0.494 e. The number of piperidine rings is 1. The molecule has 30 heteroatoms. The molecule has 6 amide bonds. The van der Waals surface area contributed by atoms with Gasteiger partial charge in [0.05, 0.1) is 68.9 Å². The number of likely N-dealkylation sites (tertiary alicyclic amines) is 2. The Balaban J connectivity index is 0.946. The lowest BCUT2D eigenvalue weighted by Gasteiger charge is -2.33. The molecular formula is C65H91F2N13O14S. The van der Waals surface area contributed by atoms with Crippen LogP contribution in [0, 0.1) is 24.2 Å². The number of nitriles is 1. The van der Waals surface area contributed by atoms with E-state index in [1.54, 1.807) is 55.7 Å². The molecule has 8 N–H and O–H groups in total. The van der Waals surface area contributed by atoms with E-state index in [0.717, 1.165) is 41.7 Å². The number of hydrogen-bond acceptors (Lipinski definition) is 19. The first-order valence-electron chi connectivity index (χ1n) is 32.3. The van der Waals surface area contributed by atoms with Crippen molar-refractivity contribution in [2.75, 3.05) is 136 Å². The first kappa shape index (κ1) is 76.1. The number of carboxylic acid groups (broad SMARTS) is 3. The van der Waals surface area contributed by atoms with Crippen LogP contribution in [0.15, 0.2) is 59.7 Å². The van der Waals surface area contributed by atoms with E-state index in [4.69, 9.17) is 4.74 Å². The summed E-state index contributed by atoms with van der Waals surface area (Å²) in [5.74, 6) is -7.71. The molecule has 27 nitrogen and oxygen atoms in total. The number of alkyl halides is 2. The summed E-state index contributed by atoms with van der Waals surface area (Å²) in [5.41, 5.74) is 3.00. The Morgan fingerprint density at radius 3 is 2.02 bits per heavy atom. The minimum atomic E-state index is -3.19. The zero-order chi connectivity index (χ0) is 68.9. The number of nitrogens with zero attached hydrogens (tertiary/aromatic N) is 9. The molecule has 3 saturated heterocycles. The molecule has 1 unspecified atom stereocenters. The third kappa shape index (κ3) is 27.4. The van der Waals surface area contributed by atoms with Gasteiger partial charge in [-0.1, -0.05) is 29.8 Å². The third-order valence-corrected chi connectivity index (χ3v) is 17.8. The number of hydrogen-bond donors (Lipinski definition) is 8. The van der Waals surface area contributed by atoms with Crippen LogP contribution in [-0.2, 0) is 44.8 Å². The number of nitrogens with one attached hydrogen (secondary N) is 4. The summed E-state index contributed by atoms with van der Waals surface area (Å²) in [7, 11) is 0. The molecule has 0 aliphatic carbocycles. The molecule has 3 atom stereocenters. The fraction of sp³-hybridized carbons (Fsp3) is 0.600. The maximum absolute atomic E-state index is 13.9. The number of aliphatic hydroxyl groups is 1. The average molecular weight is 1350 g/mol. The molecule has 3 aliphatic heterocycles. The predicted molar refractivity (Wildman–Crippen MR) is 350 cm³/mol. The quantitative estimate of drug-likeness (QED) is 0.0246. The lowest BCUT2D eigenvalue weighted by Crippen LogP contribution is -2.52. The first-order chi connectivity index (χ1) is 45.4. The van der Waals surface area contributed by atoms with Gasteiger partial charge in [-0.3, -0.25) is 72.7 Å². The van der Waals surface area contributed by atoms with Gasteiger partial charge in [0.15, 0.2) is 0 Å². The van der Waals surface area contributed by atoms with Gasteiger partial charge in [0.1, 0.15) is 23.9 Å². The number of benzene rings is 2. The van der Waals surface area contributed by atoms with Gasteiger partial charge in [-0.25, -0.2) is 8.78 Å². The number of ether oxygens (including phenoxy) is 1. The molecule has 0 radical (unpaired) electrons. The fourth-order valence-electron chi connectivity index (χ4n) is 11.5. The highest BCUT2D eigenvalue weighted by molar-refractivity contribution is 7.99. The van der Waals surface area contributed by atoms with Gasteiger partial charge in [-0.15, -0.1) is 0 Å². The normalized spacial score (nSPS) is 17.9.